The number of allylic oxidation sites excluding steroid dienone is 1. The van der Waals surface area contributed by atoms with Gasteiger partial charge in [-0.15, -0.1) is 0 Å². The van der Waals surface area contributed by atoms with Crippen LogP contribution < -0.4 is 19.5 Å². The number of aromatic nitrogens is 2. The number of nitrogens with one attached hydrogen (secondary N) is 1. The zero-order valence-corrected chi connectivity index (χ0v) is 20.9. The predicted octanol–water partition coefficient (Wildman–Crippen LogP) is 5.11. The number of ether oxygens (including phenoxy) is 3. The van der Waals surface area contributed by atoms with E-state index in [2.05, 4.69) is 38.5 Å². The Morgan fingerprint density at radius 3 is 2.39 bits per heavy atom. The average molecular weight is 516 g/mol. The lowest BCUT2D eigenvalue weighted by atomic mass is 10.1. The van der Waals surface area contributed by atoms with Crippen LogP contribution in [0.1, 0.15) is 35.4 Å². The van der Waals surface area contributed by atoms with E-state index in [1.165, 1.54) is 21.3 Å². The maximum Gasteiger partial charge on any atom is 0.251 e. The van der Waals surface area contributed by atoms with Gasteiger partial charge >= 0.3 is 0 Å². The minimum Gasteiger partial charge on any atom is -0.493 e. The number of hydrogen-bond acceptors (Lipinski definition) is 5. The Balaban J connectivity index is 1.52. The number of amides is 1. The zero-order chi connectivity index (χ0) is 23.8. The number of aryl methyl sites for hydroxylation is 1. The average Bonchev–Trinajstić information content (AvgIpc) is 3.16. The van der Waals surface area contributed by atoms with Gasteiger partial charge in [-0.3, -0.25) is 4.79 Å². The molecule has 1 amide bonds. The van der Waals surface area contributed by atoms with E-state index in [1.807, 2.05) is 18.2 Å². The van der Waals surface area contributed by atoms with Crippen LogP contribution in [0.4, 0.5) is 0 Å². The van der Waals surface area contributed by atoms with Gasteiger partial charge in [0.1, 0.15) is 5.82 Å². The number of benzene rings is 2. The number of halogens is 1. The van der Waals surface area contributed by atoms with E-state index in [-0.39, 0.29) is 5.91 Å². The first kappa shape index (κ1) is 24.6. The first-order valence-corrected chi connectivity index (χ1v) is 11.6. The van der Waals surface area contributed by atoms with Crippen LogP contribution in [0.25, 0.3) is 11.0 Å². The molecule has 0 fully saturated rings. The third-order valence-electron chi connectivity index (χ3n) is 5.35. The maximum atomic E-state index is 12.6. The number of hydrogen-bond donors (Lipinski definition) is 1. The van der Waals surface area contributed by atoms with Gasteiger partial charge in [0.05, 0.1) is 38.9 Å². The van der Waals surface area contributed by atoms with Crippen molar-refractivity contribution in [1.29, 1.82) is 0 Å². The lowest BCUT2D eigenvalue weighted by Crippen LogP contribution is -2.24. The fraction of sp³-hybridized carbons (Fsp3) is 0.360. The number of nitrogens with zero attached hydrogens (tertiary/aromatic N) is 2. The molecule has 0 aliphatic heterocycles. The van der Waals surface area contributed by atoms with Crippen molar-refractivity contribution in [2.75, 3.05) is 27.9 Å². The lowest BCUT2D eigenvalue weighted by Gasteiger charge is -2.14. The van der Waals surface area contributed by atoms with Gasteiger partial charge in [-0.05, 0) is 37.1 Å². The van der Waals surface area contributed by atoms with Crippen LogP contribution in [0, 0.1) is 0 Å². The minimum absolute atomic E-state index is 0.174. The molecule has 1 aromatic heterocycles. The van der Waals surface area contributed by atoms with Crippen molar-refractivity contribution in [3.8, 4) is 17.2 Å². The Hall–Kier alpha value is -3.00. The van der Waals surface area contributed by atoms with Gasteiger partial charge in [0.25, 0.3) is 5.91 Å². The van der Waals surface area contributed by atoms with E-state index in [4.69, 9.17) is 19.2 Å². The lowest BCUT2D eigenvalue weighted by molar-refractivity contribution is 0.0952. The Bertz CT molecular complexity index is 1100. The second-order valence-corrected chi connectivity index (χ2v) is 8.72. The second kappa shape index (κ2) is 11.7. The number of imidazole rings is 1. The van der Waals surface area contributed by atoms with Crippen LogP contribution in [0.2, 0.25) is 0 Å². The zero-order valence-electron chi connectivity index (χ0n) is 19.3. The quantitative estimate of drug-likeness (QED) is 0.339. The van der Waals surface area contributed by atoms with E-state index < -0.39 is 0 Å². The summed E-state index contributed by atoms with van der Waals surface area (Å²) in [5.41, 5.74) is 2.58. The second-order valence-electron chi connectivity index (χ2n) is 7.60. The third-order valence-corrected chi connectivity index (χ3v) is 5.60. The van der Waals surface area contributed by atoms with Crippen LogP contribution in [0.15, 0.2) is 47.5 Å². The largest absolute Gasteiger partial charge is 0.493 e. The van der Waals surface area contributed by atoms with Gasteiger partial charge in [-0.1, -0.05) is 41.1 Å². The van der Waals surface area contributed by atoms with Crippen LogP contribution in [-0.4, -0.2) is 43.3 Å². The summed E-state index contributed by atoms with van der Waals surface area (Å²) < 4.78 is 19.1. The van der Waals surface area contributed by atoms with E-state index in [0.717, 1.165) is 47.0 Å². The molecule has 0 radical (unpaired) electrons. The van der Waals surface area contributed by atoms with E-state index >= 15 is 0 Å². The summed E-state index contributed by atoms with van der Waals surface area (Å²) in [5, 5.41) is 2.97. The van der Waals surface area contributed by atoms with E-state index in [1.54, 1.807) is 12.1 Å². The molecule has 0 spiro atoms. The van der Waals surface area contributed by atoms with Crippen LogP contribution >= 0.6 is 15.9 Å². The summed E-state index contributed by atoms with van der Waals surface area (Å²) in [6.45, 7) is 5.26. The standard InChI is InChI=1S/C25H30BrN3O4/c1-17(26)16-29-20-11-8-7-10-19(20)28-23(29)12-6-5-9-13-27-25(30)18-14-21(31-2)24(33-4)22(15-18)32-3/h7-8,10-11,14-15H,1,5-6,9,12-13,16H2,2-4H3,(H,27,30). The third kappa shape index (κ3) is 6.07. The topological polar surface area (TPSA) is 74.6 Å². The van der Waals surface area contributed by atoms with Crippen molar-refractivity contribution in [1.82, 2.24) is 14.9 Å². The Morgan fingerprint density at radius 2 is 1.76 bits per heavy atom. The Morgan fingerprint density at radius 1 is 1.06 bits per heavy atom. The monoisotopic (exact) mass is 515 g/mol. The molecule has 0 atom stereocenters. The first-order chi connectivity index (χ1) is 16.0. The molecular weight excluding hydrogens is 486 g/mol. The van der Waals surface area contributed by atoms with Crippen molar-refractivity contribution in [2.45, 2.75) is 32.2 Å². The summed E-state index contributed by atoms with van der Waals surface area (Å²) in [5.74, 6) is 2.25. The molecule has 0 bridgehead atoms. The molecule has 3 aromatic rings. The molecular formula is C25H30BrN3O4. The number of methoxy groups -OCH3 is 3. The summed E-state index contributed by atoms with van der Waals surface area (Å²) in [6.07, 6.45) is 3.71. The molecule has 1 N–H and O–H groups in total. The minimum atomic E-state index is -0.174. The molecule has 176 valence electrons. The number of carbonyl (C=O) groups is 1. The molecule has 33 heavy (non-hydrogen) atoms. The van der Waals surface area contributed by atoms with Crippen LogP contribution in [-0.2, 0) is 13.0 Å². The maximum absolute atomic E-state index is 12.6. The van der Waals surface area contributed by atoms with Crippen molar-refractivity contribution in [2.24, 2.45) is 0 Å². The predicted molar refractivity (Wildman–Crippen MR) is 134 cm³/mol. The van der Waals surface area contributed by atoms with Gasteiger partial charge in [-0.25, -0.2) is 4.98 Å². The molecule has 0 saturated carbocycles. The number of para-hydroxylation sites is 2. The molecule has 3 rings (SSSR count). The van der Waals surface area contributed by atoms with Crippen molar-refractivity contribution < 1.29 is 19.0 Å². The Kier molecular flexibility index (Phi) is 8.77. The molecule has 0 saturated heterocycles. The SMILES string of the molecule is C=C(Br)Cn1c(CCCCCNC(=O)c2cc(OC)c(OC)c(OC)c2)nc2ccccc21. The molecule has 7 nitrogen and oxygen atoms in total. The van der Waals surface area contributed by atoms with Gasteiger partial charge in [0.15, 0.2) is 11.5 Å². The van der Waals surface area contributed by atoms with Gasteiger partial charge in [0.2, 0.25) is 5.75 Å². The molecule has 2 aromatic carbocycles. The normalized spacial score (nSPS) is 10.8. The summed E-state index contributed by atoms with van der Waals surface area (Å²) in [7, 11) is 4.59. The van der Waals surface area contributed by atoms with Gasteiger partial charge in [0, 0.05) is 23.0 Å². The number of fused-ring (bicyclic) bond motifs is 1. The molecule has 8 heteroatoms. The highest BCUT2D eigenvalue weighted by molar-refractivity contribution is 9.11. The first-order valence-electron chi connectivity index (χ1n) is 10.8. The highest BCUT2D eigenvalue weighted by atomic mass is 79.9. The smallest absolute Gasteiger partial charge is 0.251 e. The summed E-state index contributed by atoms with van der Waals surface area (Å²) in [4.78, 5) is 17.4. The molecule has 0 aliphatic carbocycles. The molecule has 1 heterocycles. The highest BCUT2D eigenvalue weighted by Crippen LogP contribution is 2.38. The van der Waals surface area contributed by atoms with Crippen molar-refractivity contribution >= 4 is 32.9 Å². The van der Waals surface area contributed by atoms with Crippen molar-refractivity contribution in [3.63, 3.8) is 0 Å². The van der Waals surface area contributed by atoms with Gasteiger partial charge < -0.3 is 24.1 Å². The number of carbonyl (C=O) groups excluding carboxylic acids is 1. The fourth-order valence-corrected chi connectivity index (χ4v) is 4.02. The van der Waals surface area contributed by atoms with E-state index in [9.17, 15) is 4.79 Å². The van der Waals surface area contributed by atoms with Gasteiger partial charge in [-0.2, -0.15) is 0 Å². The number of rotatable bonds is 12. The summed E-state index contributed by atoms with van der Waals surface area (Å²) in [6, 6.07) is 11.4. The van der Waals surface area contributed by atoms with Crippen LogP contribution in [0.3, 0.4) is 0 Å². The summed E-state index contributed by atoms with van der Waals surface area (Å²) >= 11 is 3.47. The molecule has 0 unspecified atom stereocenters. The number of unbranched alkanes of at least 4 members (excludes halogenated alkanes) is 2. The van der Waals surface area contributed by atoms with Crippen LogP contribution in [0.5, 0.6) is 17.2 Å². The van der Waals surface area contributed by atoms with Crippen molar-refractivity contribution in [3.05, 3.63) is 58.8 Å². The fourth-order valence-electron chi connectivity index (χ4n) is 3.77. The highest BCUT2D eigenvalue weighted by Gasteiger charge is 2.17. The van der Waals surface area contributed by atoms with E-state index in [0.29, 0.717) is 35.9 Å². The Labute approximate surface area is 202 Å². The molecule has 0 aliphatic rings.